The number of rotatable bonds is 10. The van der Waals surface area contributed by atoms with Gasteiger partial charge in [0.2, 0.25) is 6.29 Å². The molecule has 0 aromatic heterocycles. The van der Waals surface area contributed by atoms with Crippen molar-refractivity contribution in [2.45, 2.75) is 38.9 Å². The maximum absolute atomic E-state index is 12.5. The van der Waals surface area contributed by atoms with Crippen LogP contribution >= 0.6 is 0 Å². The molecule has 0 aliphatic rings. The standard InChI is InChI=1S/C22H23O5/c1-3-5-7-16-21(27-20(23)4-2)26-19-15-11-10-14-18(19)22(24)25-17-12-8-6-9-13-17/h4,6,8-12,14-15,21H,2-3,5,7,16H2,1H3. The van der Waals surface area contributed by atoms with Crippen LogP contribution in [0.5, 0.6) is 11.5 Å². The smallest absolute Gasteiger partial charge is 0.347 e. The Morgan fingerprint density at radius 2 is 1.93 bits per heavy atom. The Morgan fingerprint density at radius 3 is 2.63 bits per heavy atom. The van der Waals surface area contributed by atoms with Crippen LogP contribution < -0.4 is 9.47 Å². The summed E-state index contributed by atoms with van der Waals surface area (Å²) >= 11 is 0. The Labute approximate surface area is 159 Å². The second-order valence-corrected chi connectivity index (χ2v) is 5.80. The van der Waals surface area contributed by atoms with Crippen molar-refractivity contribution in [1.29, 1.82) is 0 Å². The monoisotopic (exact) mass is 367 g/mol. The van der Waals surface area contributed by atoms with Crippen LogP contribution in [-0.2, 0) is 9.53 Å². The highest BCUT2D eigenvalue weighted by Gasteiger charge is 2.20. The summed E-state index contributed by atoms with van der Waals surface area (Å²) < 4.78 is 16.4. The summed E-state index contributed by atoms with van der Waals surface area (Å²) in [7, 11) is 0. The van der Waals surface area contributed by atoms with E-state index < -0.39 is 18.2 Å². The third kappa shape index (κ3) is 6.62. The van der Waals surface area contributed by atoms with E-state index in [0.717, 1.165) is 25.3 Å². The van der Waals surface area contributed by atoms with Gasteiger partial charge in [0.15, 0.2) is 0 Å². The largest absolute Gasteiger partial charge is 0.454 e. The van der Waals surface area contributed by atoms with E-state index in [2.05, 4.69) is 19.6 Å². The summed E-state index contributed by atoms with van der Waals surface area (Å²) in [5.74, 6) is -0.544. The normalized spacial score (nSPS) is 11.3. The second-order valence-electron chi connectivity index (χ2n) is 5.80. The zero-order valence-electron chi connectivity index (χ0n) is 15.4. The minimum atomic E-state index is -0.806. The maximum atomic E-state index is 12.5. The molecule has 27 heavy (non-hydrogen) atoms. The van der Waals surface area contributed by atoms with E-state index in [4.69, 9.17) is 14.2 Å². The topological polar surface area (TPSA) is 61.8 Å². The van der Waals surface area contributed by atoms with E-state index in [-0.39, 0.29) is 11.3 Å². The molecule has 1 atom stereocenters. The molecule has 0 fully saturated rings. The first-order valence-corrected chi connectivity index (χ1v) is 8.91. The molecule has 0 N–H and O–H groups in total. The van der Waals surface area contributed by atoms with Gasteiger partial charge in [0.1, 0.15) is 17.1 Å². The SMILES string of the molecule is C=CC(=O)OC(CCCCC)Oc1ccccc1C(=O)Oc1[c]cccc1. The van der Waals surface area contributed by atoms with Crippen LogP contribution in [0, 0.1) is 6.07 Å². The fourth-order valence-electron chi connectivity index (χ4n) is 2.36. The van der Waals surface area contributed by atoms with Crippen LogP contribution in [0.2, 0.25) is 0 Å². The Morgan fingerprint density at radius 1 is 1.15 bits per heavy atom. The maximum Gasteiger partial charge on any atom is 0.347 e. The summed E-state index contributed by atoms with van der Waals surface area (Å²) in [6.45, 7) is 5.48. The van der Waals surface area contributed by atoms with Gasteiger partial charge in [0.05, 0.1) is 0 Å². The van der Waals surface area contributed by atoms with E-state index in [1.807, 2.05) is 0 Å². The third-order valence-electron chi connectivity index (χ3n) is 3.71. The lowest BCUT2D eigenvalue weighted by Gasteiger charge is -2.20. The Bertz CT molecular complexity index is 754. The summed E-state index contributed by atoms with van der Waals surface area (Å²) in [4.78, 5) is 24.1. The minimum Gasteiger partial charge on any atom is -0.454 e. The zero-order chi connectivity index (χ0) is 19.5. The third-order valence-corrected chi connectivity index (χ3v) is 3.71. The first-order chi connectivity index (χ1) is 13.1. The Hall–Kier alpha value is -3.08. The van der Waals surface area contributed by atoms with Crippen LogP contribution in [0.1, 0.15) is 43.0 Å². The number of hydrogen-bond donors (Lipinski definition) is 0. The van der Waals surface area contributed by atoms with E-state index in [0.29, 0.717) is 12.2 Å². The highest BCUT2D eigenvalue weighted by molar-refractivity contribution is 5.94. The summed E-state index contributed by atoms with van der Waals surface area (Å²) in [6.07, 6.45) is 3.64. The van der Waals surface area contributed by atoms with E-state index >= 15 is 0 Å². The summed E-state index contributed by atoms with van der Waals surface area (Å²) in [6, 6.07) is 16.3. The molecule has 0 saturated heterocycles. The molecule has 0 aliphatic carbocycles. The molecule has 0 spiro atoms. The van der Waals surface area contributed by atoms with Gasteiger partial charge in [-0.2, -0.15) is 0 Å². The molecule has 141 valence electrons. The molecular formula is C22H23O5. The van der Waals surface area contributed by atoms with Crippen molar-refractivity contribution in [2.24, 2.45) is 0 Å². The summed E-state index contributed by atoms with van der Waals surface area (Å²) in [5, 5.41) is 0. The number of para-hydroxylation sites is 2. The van der Waals surface area contributed by atoms with Gasteiger partial charge in [-0.15, -0.1) is 0 Å². The lowest BCUT2D eigenvalue weighted by Crippen LogP contribution is -2.24. The number of benzene rings is 2. The molecule has 0 saturated carbocycles. The first kappa shape index (κ1) is 20.2. The molecule has 2 aromatic carbocycles. The number of ether oxygens (including phenoxy) is 3. The predicted molar refractivity (Wildman–Crippen MR) is 102 cm³/mol. The fourth-order valence-corrected chi connectivity index (χ4v) is 2.36. The second kappa shape index (κ2) is 10.8. The molecule has 0 aliphatic heterocycles. The zero-order valence-corrected chi connectivity index (χ0v) is 15.4. The molecule has 5 nitrogen and oxygen atoms in total. The van der Waals surface area contributed by atoms with Gasteiger partial charge in [-0.1, -0.05) is 56.7 Å². The predicted octanol–water partition coefficient (Wildman–Crippen LogP) is 4.72. The number of carbonyl (C=O) groups excluding carboxylic acids is 2. The van der Waals surface area contributed by atoms with Crippen molar-refractivity contribution in [3.63, 3.8) is 0 Å². The van der Waals surface area contributed by atoms with Crippen LogP contribution in [0.3, 0.4) is 0 Å². The lowest BCUT2D eigenvalue weighted by molar-refractivity contribution is -0.158. The number of unbranched alkanes of at least 4 members (excludes halogenated alkanes) is 2. The highest BCUT2D eigenvalue weighted by atomic mass is 16.7. The molecule has 1 unspecified atom stereocenters. The van der Waals surface area contributed by atoms with E-state index in [1.165, 1.54) is 0 Å². The van der Waals surface area contributed by atoms with E-state index in [9.17, 15) is 9.59 Å². The van der Waals surface area contributed by atoms with Crippen LogP contribution in [0.15, 0.2) is 61.2 Å². The van der Waals surface area contributed by atoms with Gasteiger partial charge in [-0.05, 0) is 24.6 Å². The van der Waals surface area contributed by atoms with Crippen LogP contribution in [0.4, 0.5) is 0 Å². The van der Waals surface area contributed by atoms with Crippen LogP contribution in [0.25, 0.3) is 0 Å². The van der Waals surface area contributed by atoms with Crippen molar-refractivity contribution in [3.05, 3.63) is 72.8 Å². The van der Waals surface area contributed by atoms with Gasteiger partial charge < -0.3 is 14.2 Å². The van der Waals surface area contributed by atoms with Crippen molar-refractivity contribution in [1.82, 2.24) is 0 Å². The van der Waals surface area contributed by atoms with Crippen LogP contribution in [-0.4, -0.2) is 18.2 Å². The highest BCUT2D eigenvalue weighted by Crippen LogP contribution is 2.23. The quantitative estimate of drug-likeness (QED) is 0.200. The van der Waals surface area contributed by atoms with E-state index in [1.54, 1.807) is 48.5 Å². The van der Waals surface area contributed by atoms with Gasteiger partial charge in [-0.3, -0.25) is 0 Å². The van der Waals surface area contributed by atoms with Gasteiger partial charge >= 0.3 is 11.9 Å². The van der Waals surface area contributed by atoms with Gasteiger partial charge in [0, 0.05) is 18.6 Å². The lowest BCUT2D eigenvalue weighted by atomic mass is 10.2. The molecule has 2 rings (SSSR count). The minimum absolute atomic E-state index is 0.241. The van der Waals surface area contributed by atoms with Crippen molar-refractivity contribution in [3.8, 4) is 11.5 Å². The molecule has 1 radical (unpaired) electrons. The molecule has 2 aromatic rings. The summed E-state index contributed by atoms with van der Waals surface area (Å²) in [5.41, 5.74) is 0.241. The van der Waals surface area contributed by atoms with Crippen molar-refractivity contribution >= 4 is 11.9 Å². The average molecular weight is 367 g/mol. The number of hydrogen-bond acceptors (Lipinski definition) is 5. The Kier molecular flexibility index (Phi) is 8.10. The number of esters is 2. The van der Waals surface area contributed by atoms with Crippen molar-refractivity contribution in [2.75, 3.05) is 0 Å². The molecule has 0 amide bonds. The first-order valence-electron chi connectivity index (χ1n) is 8.91. The fraction of sp³-hybridized carbons (Fsp3) is 0.273. The van der Waals surface area contributed by atoms with Gasteiger partial charge in [-0.25, -0.2) is 9.59 Å². The Balaban J connectivity index is 2.14. The number of carbonyl (C=O) groups is 2. The molecular weight excluding hydrogens is 344 g/mol. The molecule has 5 heteroatoms. The van der Waals surface area contributed by atoms with Crippen molar-refractivity contribution < 1.29 is 23.8 Å². The molecule has 0 bridgehead atoms. The van der Waals surface area contributed by atoms with Gasteiger partial charge in [0.25, 0.3) is 0 Å². The average Bonchev–Trinajstić information content (AvgIpc) is 2.69. The molecule has 0 heterocycles.